The van der Waals surface area contributed by atoms with Gasteiger partial charge < -0.3 is 24.1 Å². The molecule has 5 nitrogen and oxygen atoms in total. The molecular weight excluding hydrogens is 212 g/mol. The van der Waals surface area contributed by atoms with Crippen molar-refractivity contribution < 1.29 is 24.1 Å². The second-order valence-corrected chi connectivity index (χ2v) is 4.77. The van der Waals surface area contributed by atoms with E-state index in [4.69, 9.17) is 24.1 Å². The number of hydrogen-bond acceptors (Lipinski definition) is 5. The van der Waals surface area contributed by atoms with E-state index in [0.29, 0.717) is 13.2 Å². The SMILES string of the molecule is CC1(C)OCC(O)CO1.CC1(C)OCCO1. The Morgan fingerprint density at radius 1 is 0.812 bits per heavy atom. The molecule has 0 aromatic heterocycles. The van der Waals surface area contributed by atoms with Crippen LogP contribution in [0.5, 0.6) is 0 Å². The summed E-state index contributed by atoms with van der Waals surface area (Å²) in [6.45, 7) is 9.75. The predicted molar refractivity (Wildman–Crippen MR) is 58.0 cm³/mol. The molecule has 2 rings (SSSR count). The summed E-state index contributed by atoms with van der Waals surface area (Å²) in [5.74, 6) is -0.806. The molecule has 2 heterocycles. The van der Waals surface area contributed by atoms with Crippen molar-refractivity contribution in [3.8, 4) is 0 Å². The molecule has 2 aliphatic rings. The molecule has 0 aromatic rings. The number of hydrogen-bond donors (Lipinski definition) is 1. The Labute approximate surface area is 96.6 Å². The second-order valence-electron chi connectivity index (χ2n) is 4.77. The molecule has 16 heavy (non-hydrogen) atoms. The first-order valence-corrected chi connectivity index (χ1v) is 5.55. The minimum absolute atomic E-state index is 0.306. The van der Waals surface area contributed by atoms with Gasteiger partial charge in [-0.25, -0.2) is 0 Å². The van der Waals surface area contributed by atoms with E-state index in [1.807, 2.05) is 27.7 Å². The highest BCUT2D eigenvalue weighted by molar-refractivity contribution is 4.64. The van der Waals surface area contributed by atoms with Gasteiger partial charge in [-0.15, -0.1) is 0 Å². The zero-order chi connectivity index (χ0) is 12.2. The summed E-state index contributed by atoms with van der Waals surface area (Å²) in [4.78, 5) is 0. The van der Waals surface area contributed by atoms with E-state index in [9.17, 15) is 0 Å². The lowest BCUT2D eigenvalue weighted by atomic mass is 10.3. The van der Waals surface area contributed by atoms with Crippen LogP contribution in [0.4, 0.5) is 0 Å². The Kier molecular flexibility index (Phi) is 4.70. The maximum Gasteiger partial charge on any atom is 0.163 e. The van der Waals surface area contributed by atoms with Crippen LogP contribution >= 0.6 is 0 Å². The van der Waals surface area contributed by atoms with Gasteiger partial charge in [-0.3, -0.25) is 0 Å². The summed E-state index contributed by atoms with van der Waals surface area (Å²) < 4.78 is 20.4. The molecule has 0 bridgehead atoms. The molecule has 2 fully saturated rings. The molecular formula is C11H22O5. The topological polar surface area (TPSA) is 57.2 Å². The summed E-state index contributed by atoms with van der Waals surface area (Å²) in [6, 6.07) is 0. The number of aliphatic hydroxyl groups excluding tert-OH is 1. The highest BCUT2D eigenvalue weighted by atomic mass is 16.7. The molecule has 0 unspecified atom stereocenters. The molecule has 96 valence electrons. The largest absolute Gasteiger partial charge is 0.388 e. The first-order chi connectivity index (χ1) is 7.31. The Hall–Kier alpha value is -0.200. The van der Waals surface area contributed by atoms with Crippen molar-refractivity contribution in [2.75, 3.05) is 26.4 Å². The van der Waals surface area contributed by atoms with Crippen molar-refractivity contribution in [3.05, 3.63) is 0 Å². The molecule has 0 aliphatic carbocycles. The van der Waals surface area contributed by atoms with Gasteiger partial charge in [0.05, 0.1) is 26.4 Å². The van der Waals surface area contributed by atoms with Crippen molar-refractivity contribution in [1.82, 2.24) is 0 Å². The van der Waals surface area contributed by atoms with Gasteiger partial charge in [0.2, 0.25) is 0 Å². The maximum atomic E-state index is 8.89. The predicted octanol–water partition coefficient (Wildman–Crippen LogP) is 0.899. The van der Waals surface area contributed by atoms with E-state index in [1.165, 1.54) is 0 Å². The van der Waals surface area contributed by atoms with Crippen molar-refractivity contribution in [2.45, 2.75) is 45.4 Å². The molecule has 5 heteroatoms. The van der Waals surface area contributed by atoms with Crippen LogP contribution in [0.1, 0.15) is 27.7 Å². The summed E-state index contributed by atoms with van der Waals surface area (Å²) in [6.07, 6.45) is -0.446. The average molecular weight is 234 g/mol. The fraction of sp³-hybridized carbons (Fsp3) is 1.00. The zero-order valence-corrected chi connectivity index (χ0v) is 10.5. The van der Waals surface area contributed by atoms with Crippen LogP contribution in [0.2, 0.25) is 0 Å². The number of aliphatic hydroxyl groups is 1. The second kappa shape index (κ2) is 5.42. The highest BCUT2D eigenvalue weighted by Crippen LogP contribution is 2.16. The van der Waals surface area contributed by atoms with E-state index in [2.05, 4.69) is 0 Å². The molecule has 0 saturated carbocycles. The molecule has 2 saturated heterocycles. The standard InChI is InChI=1S/C6H12O3.C5H10O2/c1-6(2)8-3-5(7)4-9-6;1-5(2)6-3-4-7-5/h5,7H,3-4H2,1-2H3;3-4H2,1-2H3. The highest BCUT2D eigenvalue weighted by Gasteiger charge is 2.26. The van der Waals surface area contributed by atoms with Gasteiger partial charge in [0.15, 0.2) is 11.6 Å². The van der Waals surface area contributed by atoms with Crippen LogP contribution in [0.15, 0.2) is 0 Å². The summed E-state index contributed by atoms with van der Waals surface area (Å²) in [5.41, 5.74) is 0. The third-order valence-corrected chi connectivity index (χ3v) is 2.23. The zero-order valence-electron chi connectivity index (χ0n) is 10.5. The number of rotatable bonds is 0. The molecule has 0 amide bonds. The van der Waals surface area contributed by atoms with Crippen molar-refractivity contribution in [2.24, 2.45) is 0 Å². The van der Waals surface area contributed by atoms with Crippen LogP contribution in [-0.4, -0.2) is 49.2 Å². The summed E-state index contributed by atoms with van der Waals surface area (Å²) in [7, 11) is 0. The quantitative estimate of drug-likeness (QED) is 0.675. The van der Waals surface area contributed by atoms with Gasteiger partial charge in [-0.05, 0) is 27.7 Å². The maximum absolute atomic E-state index is 8.89. The minimum Gasteiger partial charge on any atom is -0.388 e. The first-order valence-electron chi connectivity index (χ1n) is 5.55. The van der Waals surface area contributed by atoms with Crippen LogP contribution in [0, 0.1) is 0 Å². The Morgan fingerprint density at radius 2 is 1.19 bits per heavy atom. The normalized spacial score (nSPS) is 28.3. The van der Waals surface area contributed by atoms with Crippen LogP contribution < -0.4 is 0 Å². The lowest BCUT2D eigenvalue weighted by molar-refractivity contribution is -0.272. The van der Waals surface area contributed by atoms with Crippen molar-refractivity contribution >= 4 is 0 Å². The monoisotopic (exact) mass is 234 g/mol. The molecule has 1 N–H and O–H groups in total. The lowest BCUT2D eigenvalue weighted by Crippen LogP contribution is -2.41. The van der Waals surface area contributed by atoms with Gasteiger partial charge in [0.1, 0.15) is 6.10 Å². The Balaban J connectivity index is 0.000000165. The van der Waals surface area contributed by atoms with E-state index in [0.717, 1.165) is 13.2 Å². The van der Waals surface area contributed by atoms with Gasteiger partial charge in [-0.2, -0.15) is 0 Å². The van der Waals surface area contributed by atoms with Crippen LogP contribution in [0.25, 0.3) is 0 Å². The molecule has 0 radical (unpaired) electrons. The van der Waals surface area contributed by atoms with E-state index in [-0.39, 0.29) is 5.79 Å². The van der Waals surface area contributed by atoms with E-state index >= 15 is 0 Å². The third-order valence-electron chi connectivity index (χ3n) is 2.23. The van der Waals surface area contributed by atoms with Gasteiger partial charge >= 0.3 is 0 Å². The van der Waals surface area contributed by atoms with Gasteiger partial charge in [0.25, 0.3) is 0 Å². The molecule has 0 spiro atoms. The summed E-state index contributed by atoms with van der Waals surface area (Å²) >= 11 is 0. The van der Waals surface area contributed by atoms with Crippen molar-refractivity contribution in [3.63, 3.8) is 0 Å². The molecule has 0 atom stereocenters. The summed E-state index contributed by atoms with van der Waals surface area (Å²) in [5, 5.41) is 8.89. The smallest absolute Gasteiger partial charge is 0.163 e. The third kappa shape index (κ3) is 5.23. The first kappa shape index (κ1) is 13.9. The Morgan fingerprint density at radius 3 is 1.44 bits per heavy atom. The van der Waals surface area contributed by atoms with Gasteiger partial charge in [-0.1, -0.05) is 0 Å². The Bertz CT molecular complexity index is 196. The fourth-order valence-electron chi connectivity index (χ4n) is 1.30. The van der Waals surface area contributed by atoms with E-state index < -0.39 is 11.9 Å². The van der Waals surface area contributed by atoms with Crippen LogP contribution in [0.3, 0.4) is 0 Å². The van der Waals surface area contributed by atoms with E-state index in [1.54, 1.807) is 0 Å². The number of ether oxygens (including phenoxy) is 4. The average Bonchev–Trinajstić information content (AvgIpc) is 2.57. The van der Waals surface area contributed by atoms with Crippen molar-refractivity contribution in [1.29, 1.82) is 0 Å². The minimum atomic E-state index is -0.501. The molecule has 2 aliphatic heterocycles. The molecule has 0 aromatic carbocycles. The lowest BCUT2D eigenvalue weighted by Gasteiger charge is -2.32. The van der Waals surface area contributed by atoms with Crippen LogP contribution in [-0.2, 0) is 18.9 Å². The van der Waals surface area contributed by atoms with Gasteiger partial charge in [0, 0.05) is 0 Å². The fourth-order valence-corrected chi connectivity index (χ4v) is 1.30.